The van der Waals surface area contributed by atoms with Gasteiger partial charge in [-0.15, -0.1) is 10.2 Å². The van der Waals surface area contributed by atoms with Crippen LogP contribution >= 0.6 is 23.4 Å². The number of aliphatic hydroxyl groups is 1. The third kappa shape index (κ3) is 3.88. The average molecular weight is 340 g/mol. The zero-order valence-corrected chi connectivity index (χ0v) is 14.1. The number of hydrogen-bond acceptors (Lipinski definition) is 5. The third-order valence-electron chi connectivity index (χ3n) is 3.16. The van der Waals surface area contributed by atoms with E-state index in [1.807, 2.05) is 18.4 Å². The first kappa shape index (κ1) is 17.0. The molecule has 0 radical (unpaired) electrons. The third-order valence-corrected chi connectivity index (χ3v) is 4.49. The SMILES string of the molecule is CCCn1c(CO)nnc1SC(C)C(=O)c1ccc(Cl)cc1. The fraction of sp³-hybridized carbons (Fsp3) is 0.400. The van der Waals surface area contributed by atoms with Gasteiger partial charge in [-0.3, -0.25) is 4.79 Å². The minimum absolute atomic E-state index is 0.0123. The van der Waals surface area contributed by atoms with Crippen molar-refractivity contribution >= 4 is 29.1 Å². The molecule has 1 aromatic heterocycles. The molecule has 118 valence electrons. The second-order valence-electron chi connectivity index (χ2n) is 4.84. The number of aliphatic hydroxyl groups excluding tert-OH is 1. The summed E-state index contributed by atoms with van der Waals surface area (Å²) in [6.07, 6.45) is 0.901. The van der Waals surface area contributed by atoms with Gasteiger partial charge in [-0.05, 0) is 37.6 Å². The highest BCUT2D eigenvalue weighted by Gasteiger charge is 2.20. The van der Waals surface area contributed by atoms with E-state index in [0.717, 1.165) is 6.42 Å². The van der Waals surface area contributed by atoms with Gasteiger partial charge < -0.3 is 9.67 Å². The summed E-state index contributed by atoms with van der Waals surface area (Å²) in [5.41, 5.74) is 0.619. The first-order chi connectivity index (χ1) is 10.6. The highest BCUT2D eigenvalue weighted by atomic mass is 35.5. The maximum absolute atomic E-state index is 12.4. The van der Waals surface area contributed by atoms with Crippen LogP contribution < -0.4 is 0 Å². The van der Waals surface area contributed by atoms with Gasteiger partial charge in [0, 0.05) is 17.1 Å². The first-order valence-electron chi connectivity index (χ1n) is 7.06. The van der Waals surface area contributed by atoms with Crippen LogP contribution in [0.15, 0.2) is 29.4 Å². The number of halogens is 1. The predicted octanol–water partition coefficient (Wildman–Crippen LogP) is 3.20. The van der Waals surface area contributed by atoms with Crippen LogP contribution in [0, 0.1) is 0 Å². The smallest absolute Gasteiger partial charge is 0.191 e. The van der Waals surface area contributed by atoms with Crippen molar-refractivity contribution in [3.8, 4) is 0 Å². The van der Waals surface area contributed by atoms with Gasteiger partial charge in [0.15, 0.2) is 16.8 Å². The lowest BCUT2D eigenvalue weighted by atomic mass is 10.1. The quantitative estimate of drug-likeness (QED) is 0.619. The molecule has 0 aliphatic rings. The van der Waals surface area contributed by atoms with Gasteiger partial charge in [-0.1, -0.05) is 30.3 Å². The Labute approximate surface area is 138 Å². The Balaban J connectivity index is 2.14. The molecule has 2 aromatic rings. The van der Waals surface area contributed by atoms with E-state index < -0.39 is 0 Å². The normalized spacial score (nSPS) is 12.4. The van der Waals surface area contributed by atoms with Crippen molar-refractivity contribution in [3.63, 3.8) is 0 Å². The minimum Gasteiger partial charge on any atom is -0.388 e. The van der Waals surface area contributed by atoms with Crippen LogP contribution in [0.4, 0.5) is 0 Å². The molecule has 5 nitrogen and oxygen atoms in total. The van der Waals surface area contributed by atoms with E-state index in [0.29, 0.717) is 28.1 Å². The molecule has 1 unspecified atom stereocenters. The van der Waals surface area contributed by atoms with Gasteiger partial charge in [-0.25, -0.2) is 0 Å². The summed E-state index contributed by atoms with van der Waals surface area (Å²) < 4.78 is 1.86. The number of benzene rings is 1. The topological polar surface area (TPSA) is 68.0 Å². The van der Waals surface area contributed by atoms with Crippen molar-refractivity contribution in [1.82, 2.24) is 14.8 Å². The predicted molar refractivity (Wildman–Crippen MR) is 87.3 cm³/mol. The van der Waals surface area contributed by atoms with Crippen molar-refractivity contribution in [2.75, 3.05) is 0 Å². The van der Waals surface area contributed by atoms with Gasteiger partial charge in [0.1, 0.15) is 6.61 Å². The van der Waals surface area contributed by atoms with E-state index in [2.05, 4.69) is 10.2 Å². The number of aromatic nitrogens is 3. The summed E-state index contributed by atoms with van der Waals surface area (Å²) in [6, 6.07) is 6.85. The highest BCUT2D eigenvalue weighted by Crippen LogP contribution is 2.25. The molecule has 0 amide bonds. The molecule has 0 spiro atoms. The van der Waals surface area contributed by atoms with Gasteiger partial charge in [0.25, 0.3) is 0 Å². The van der Waals surface area contributed by atoms with E-state index in [9.17, 15) is 9.90 Å². The molecule has 7 heteroatoms. The van der Waals surface area contributed by atoms with Crippen LogP contribution in [0.25, 0.3) is 0 Å². The lowest BCUT2D eigenvalue weighted by molar-refractivity contribution is 0.0994. The number of ketones is 1. The average Bonchev–Trinajstić information content (AvgIpc) is 2.89. The molecular formula is C15H18ClN3O2S. The Bertz CT molecular complexity index is 643. The van der Waals surface area contributed by atoms with Gasteiger partial charge in [0.05, 0.1) is 5.25 Å². The standard InChI is InChI=1S/C15H18ClN3O2S/c1-3-8-19-13(9-20)17-18-15(19)22-10(2)14(21)11-4-6-12(16)7-5-11/h4-7,10,20H,3,8-9H2,1-2H3. The lowest BCUT2D eigenvalue weighted by Crippen LogP contribution is -2.15. The molecule has 0 bridgehead atoms. The number of carbonyl (C=O) groups is 1. The van der Waals surface area contributed by atoms with Gasteiger partial charge in [0.2, 0.25) is 0 Å². The Hall–Kier alpha value is -1.37. The van der Waals surface area contributed by atoms with Crippen LogP contribution in [-0.4, -0.2) is 30.9 Å². The van der Waals surface area contributed by atoms with Crippen LogP contribution in [0.3, 0.4) is 0 Å². The second kappa shape index (κ2) is 7.76. The zero-order valence-electron chi connectivity index (χ0n) is 12.5. The molecule has 0 fully saturated rings. The van der Waals surface area contributed by atoms with E-state index >= 15 is 0 Å². The Morgan fingerprint density at radius 3 is 2.64 bits per heavy atom. The summed E-state index contributed by atoms with van der Waals surface area (Å²) in [6.45, 7) is 4.43. The molecular weight excluding hydrogens is 322 g/mol. The van der Waals surface area contributed by atoms with E-state index in [-0.39, 0.29) is 17.6 Å². The molecule has 0 saturated heterocycles. The van der Waals surface area contributed by atoms with Crippen LogP contribution in [-0.2, 0) is 13.2 Å². The summed E-state index contributed by atoms with van der Waals surface area (Å²) in [5, 5.41) is 18.3. The van der Waals surface area contributed by atoms with E-state index in [1.165, 1.54) is 11.8 Å². The number of rotatable bonds is 7. The molecule has 1 N–H and O–H groups in total. The molecule has 0 aliphatic heterocycles. The number of nitrogens with zero attached hydrogens (tertiary/aromatic N) is 3. The minimum atomic E-state index is -0.299. The zero-order chi connectivity index (χ0) is 16.1. The summed E-state index contributed by atoms with van der Waals surface area (Å²) in [4.78, 5) is 12.4. The number of carbonyl (C=O) groups excluding carboxylic acids is 1. The Kier molecular flexibility index (Phi) is 5.99. The van der Waals surface area contributed by atoms with Crippen molar-refractivity contribution < 1.29 is 9.90 Å². The highest BCUT2D eigenvalue weighted by molar-refractivity contribution is 8.00. The molecule has 0 saturated carbocycles. The summed E-state index contributed by atoms with van der Waals surface area (Å²) in [5.74, 6) is 0.536. The monoisotopic (exact) mass is 339 g/mol. The van der Waals surface area contributed by atoms with Crippen LogP contribution in [0.2, 0.25) is 5.02 Å². The summed E-state index contributed by atoms with van der Waals surface area (Å²) in [7, 11) is 0. The van der Waals surface area contributed by atoms with Crippen molar-refractivity contribution in [2.24, 2.45) is 0 Å². The number of Topliss-reactive ketones (excluding diaryl/α,β-unsaturated/α-hetero) is 1. The number of thioether (sulfide) groups is 1. The van der Waals surface area contributed by atoms with Crippen molar-refractivity contribution in [3.05, 3.63) is 40.7 Å². The molecule has 22 heavy (non-hydrogen) atoms. The molecule has 2 rings (SSSR count). The fourth-order valence-corrected chi connectivity index (χ4v) is 3.13. The molecule has 0 aliphatic carbocycles. The fourth-order valence-electron chi connectivity index (χ4n) is 2.03. The van der Waals surface area contributed by atoms with Gasteiger partial charge >= 0.3 is 0 Å². The molecule has 1 atom stereocenters. The maximum atomic E-state index is 12.4. The molecule has 1 aromatic carbocycles. The number of hydrogen-bond donors (Lipinski definition) is 1. The summed E-state index contributed by atoms with van der Waals surface area (Å²) >= 11 is 7.19. The van der Waals surface area contributed by atoms with Crippen molar-refractivity contribution in [2.45, 2.75) is 43.8 Å². The van der Waals surface area contributed by atoms with Crippen LogP contribution in [0.1, 0.15) is 36.5 Å². The Morgan fingerprint density at radius 2 is 2.05 bits per heavy atom. The first-order valence-corrected chi connectivity index (χ1v) is 8.32. The second-order valence-corrected chi connectivity index (χ2v) is 6.58. The maximum Gasteiger partial charge on any atom is 0.191 e. The van der Waals surface area contributed by atoms with E-state index in [4.69, 9.17) is 11.6 Å². The lowest BCUT2D eigenvalue weighted by Gasteiger charge is -2.12. The van der Waals surface area contributed by atoms with E-state index in [1.54, 1.807) is 24.3 Å². The van der Waals surface area contributed by atoms with Crippen LogP contribution in [0.5, 0.6) is 0 Å². The van der Waals surface area contributed by atoms with Gasteiger partial charge in [-0.2, -0.15) is 0 Å². The van der Waals surface area contributed by atoms with Crippen molar-refractivity contribution in [1.29, 1.82) is 0 Å². The largest absolute Gasteiger partial charge is 0.388 e. The molecule has 1 heterocycles. The Morgan fingerprint density at radius 1 is 1.36 bits per heavy atom.